The van der Waals surface area contributed by atoms with Crippen LogP contribution < -0.4 is 0 Å². The van der Waals surface area contributed by atoms with E-state index in [0.717, 1.165) is 4.31 Å². The number of likely N-dealkylation sites (N-methyl/N-ethyl adjacent to an activating group) is 1. The van der Waals surface area contributed by atoms with Crippen LogP contribution in [0.3, 0.4) is 0 Å². The zero-order chi connectivity index (χ0) is 16.5. The number of sulfonamides is 1. The van der Waals surface area contributed by atoms with Gasteiger partial charge in [-0.05, 0) is 12.1 Å². The fourth-order valence-corrected chi connectivity index (χ4v) is 3.83. The van der Waals surface area contributed by atoms with Gasteiger partial charge in [0.1, 0.15) is 4.90 Å². The van der Waals surface area contributed by atoms with Gasteiger partial charge in [-0.1, -0.05) is 40.0 Å². The second-order valence-electron chi connectivity index (χ2n) is 4.50. The van der Waals surface area contributed by atoms with Crippen LogP contribution in [0.5, 0.6) is 0 Å². The first-order valence-corrected chi connectivity index (χ1v) is 8.69. The van der Waals surface area contributed by atoms with Crippen molar-refractivity contribution in [2.45, 2.75) is 18.2 Å². The Morgan fingerprint density at radius 1 is 1.18 bits per heavy atom. The summed E-state index contributed by atoms with van der Waals surface area (Å²) < 4.78 is 31.0. The monoisotopic (exact) mass is 383 g/mol. The van der Waals surface area contributed by atoms with E-state index >= 15 is 0 Å². The maximum absolute atomic E-state index is 12.5. The van der Waals surface area contributed by atoms with E-state index in [1.54, 1.807) is 6.92 Å². The standard InChI is InChI=1S/C12H12Cl3N3O3S/c1-7-16-12(17-21-7)3-4-18(2)22(19,20)11-6-9(14)8(13)5-10(11)15/h5-6H,3-4H2,1-2H3. The van der Waals surface area contributed by atoms with E-state index in [1.807, 2.05) is 0 Å². The Bertz CT molecular complexity index is 792. The van der Waals surface area contributed by atoms with Crippen LogP contribution in [-0.2, 0) is 16.4 Å². The SMILES string of the molecule is Cc1nc(CCN(C)S(=O)(=O)c2cc(Cl)c(Cl)cc2Cl)no1. The van der Waals surface area contributed by atoms with Crippen LogP contribution in [0.1, 0.15) is 11.7 Å². The molecule has 0 N–H and O–H groups in total. The van der Waals surface area contributed by atoms with Gasteiger partial charge in [-0.2, -0.15) is 4.98 Å². The smallest absolute Gasteiger partial charge is 0.244 e. The molecule has 1 aromatic heterocycles. The van der Waals surface area contributed by atoms with Crippen LogP contribution >= 0.6 is 34.8 Å². The number of aromatic nitrogens is 2. The van der Waals surface area contributed by atoms with Gasteiger partial charge in [-0.15, -0.1) is 0 Å². The third-order valence-electron chi connectivity index (χ3n) is 2.88. The van der Waals surface area contributed by atoms with Gasteiger partial charge in [0.2, 0.25) is 15.9 Å². The van der Waals surface area contributed by atoms with Gasteiger partial charge in [0.15, 0.2) is 5.82 Å². The van der Waals surface area contributed by atoms with Gasteiger partial charge in [0, 0.05) is 26.9 Å². The molecule has 2 aromatic rings. The molecule has 2 rings (SSSR count). The van der Waals surface area contributed by atoms with E-state index in [-0.39, 0.29) is 26.5 Å². The molecular weight excluding hydrogens is 373 g/mol. The summed E-state index contributed by atoms with van der Waals surface area (Å²) in [5.41, 5.74) is 0. The highest BCUT2D eigenvalue weighted by Crippen LogP contribution is 2.32. The molecule has 1 aromatic carbocycles. The lowest BCUT2D eigenvalue weighted by Crippen LogP contribution is -2.29. The number of aryl methyl sites for hydroxylation is 1. The molecule has 10 heteroatoms. The number of hydrogen-bond donors (Lipinski definition) is 0. The fourth-order valence-electron chi connectivity index (χ4n) is 1.69. The summed E-state index contributed by atoms with van der Waals surface area (Å²) in [6.45, 7) is 1.82. The number of nitrogens with zero attached hydrogens (tertiary/aromatic N) is 3. The normalized spacial score (nSPS) is 12.1. The molecule has 120 valence electrons. The molecule has 22 heavy (non-hydrogen) atoms. The van der Waals surface area contributed by atoms with Crippen LogP contribution in [0.4, 0.5) is 0 Å². The predicted molar refractivity (Wildman–Crippen MR) is 84.0 cm³/mol. The lowest BCUT2D eigenvalue weighted by molar-refractivity contribution is 0.384. The van der Waals surface area contributed by atoms with Crippen molar-refractivity contribution >= 4 is 44.8 Å². The van der Waals surface area contributed by atoms with E-state index in [0.29, 0.717) is 18.1 Å². The molecule has 0 unspecified atom stereocenters. The average Bonchev–Trinajstić information content (AvgIpc) is 2.85. The average molecular weight is 385 g/mol. The second kappa shape index (κ2) is 6.72. The maximum Gasteiger partial charge on any atom is 0.244 e. The van der Waals surface area contributed by atoms with Crippen molar-refractivity contribution in [3.05, 3.63) is 38.9 Å². The van der Waals surface area contributed by atoms with Gasteiger partial charge in [-0.25, -0.2) is 12.7 Å². The summed E-state index contributed by atoms with van der Waals surface area (Å²) in [5.74, 6) is 0.854. The number of benzene rings is 1. The van der Waals surface area contributed by atoms with Crippen molar-refractivity contribution in [3.63, 3.8) is 0 Å². The summed E-state index contributed by atoms with van der Waals surface area (Å²) in [4.78, 5) is 3.92. The molecule has 0 fully saturated rings. The minimum Gasteiger partial charge on any atom is -0.340 e. The lowest BCUT2D eigenvalue weighted by atomic mass is 10.4. The summed E-state index contributed by atoms with van der Waals surface area (Å²) in [6.07, 6.45) is 0.312. The van der Waals surface area contributed by atoms with Crippen molar-refractivity contribution in [2.24, 2.45) is 0 Å². The van der Waals surface area contributed by atoms with Crippen molar-refractivity contribution in [1.29, 1.82) is 0 Å². The molecule has 0 radical (unpaired) electrons. The van der Waals surface area contributed by atoms with Crippen molar-refractivity contribution in [3.8, 4) is 0 Å². The van der Waals surface area contributed by atoms with E-state index in [9.17, 15) is 8.42 Å². The maximum atomic E-state index is 12.5. The first kappa shape index (κ1) is 17.5. The summed E-state index contributed by atoms with van der Waals surface area (Å²) >= 11 is 17.6. The van der Waals surface area contributed by atoms with E-state index < -0.39 is 10.0 Å². The molecule has 0 amide bonds. The third-order valence-corrected chi connectivity index (χ3v) is 5.93. The Morgan fingerprint density at radius 3 is 2.41 bits per heavy atom. The van der Waals surface area contributed by atoms with Crippen LogP contribution in [0, 0.1) is 6.92 Å². The predicted octanol–water partition coefficient (Wildman–Crippen LogP) is 3.20. The molecule has 0 bridgehead atoms. The van der Waals surface area contributed by atoms with Crippen LogP contribution in [0.2, 0.25) is 15.1 Å². The lowest BCUT2D eigenvalue weighted by Gasteiger charge is -2.17. The largest absolute Gasteiger partial charge is 0.340 e. The number of rotatable bonds is 5. The van der Waals surface area contributed by atoms with Crippen LogP contribution in [0.25, 0.3) is 0 Å². The fraction of sp³-hybridized carbons (Fsp3) is 0.333. The summed E-state index contributed by atoms with van der Waals surface area (Å²) in [5, 5.41) is 4.03. The van der Waals surface area contributed by atoms with Gasteiger partial charge >= 0.3 is 0 Å². The zero-order valence-corrected chi connectivity index (χ0v) is 14.8. The molecule has 0 spiro atoms. The first-order valence-electron chi connectivity index (χ1n) is 6.12. The van der Waals surface area contributed by atoms with Crippen LogP contribution in [0.15, 0.2) is 21.6 Å². The third kappa shape index (κ3) is 3.72. The number of halogens is 3. The van der Waals surface area contributed by atoms with Gasteiger partial charge in [0.05, 0.1) is 15.1 Å². The minimum atomic E-state index is -3.80. The summed E-state index contributed by atoms with van der Waals surface area (Å²) in [7, 11) is -2.37. The highest BCUT2D eigenvalue weighted by atomic mass is 35.5. The Kier molecular flexibility index (Phi) is 5.34. The van der Waals surface area contributed by atoms with Crippen molar-refractivity contribution in [2.75, 3.05) is 13.6 Å². The highest BCUT2D eigenvalue weighted by molar-refractivity contribution is 7.89. The van der Waals surface area contributed by atoms with Gasteiger partial charge in [0.25, 0.3) is 0 Å². The zero-order valence-electron chi connectivity index (χ0n) is 11.7. The molecule has 0 aliphatic carbocycles. The molecule has 0 atom stereocenters. The first-order chi connectivity index (χ1) is 10.2. The summed E-state index contributed by atoms with van der Waals surface area (Å²) in [6, 6.07) is 2.53. The van der Waals surface area contributed by atoms with E-state index in [4.69, 9.17) is 39.3 Å². The molecule has 0 aliphatic rings. The Hall–Kier alpha value is -0.860. The molecule has 1 heterocycles. The molecule has 6 nitrogen and oxygen atoms in total. The second-order valence-corrected chi connectivity index (χ2v) is 7.74. The van der Waals surface area contributed by atoms with Crippen molar-refractivity contribution < 1.29 is 12.9 Å². The van der Waals surface area contributed by atoms with Gasteiger partial charge < -0.3 is 4.52 Å². The van der Waals surface area contributed by atoms with Crippen molar-refractivity contribution in [1.82, 2.24) is 14.4 Å². The molecule has 0 saturated heterocycles. The minimum absolute atomic E-state index is 0.0108. The van der Waals surface area contributed by atoms with E-state index in [2.05, 4.69) is 10.1 Å². The molecule has 0 aliphatic heterocycles. The Morgan fingerprint density at radius 2 is 1.82 bits per heavy atom. The van der Waals surface area contributed by atoms with Gasteiger partial charge in [-0.3, -0.25) is 0 Å². The molecular formula is C12H12Cl3N3O3S. The quantitative estimate of drug-likeness (QED) is 0.740. The van der Waals surface area contributed by atoms with Crippen LogP contribution in [-0.4, -0.2) is 36.5 Å². The highest BCUT2D eigenvalue weighted by Gasteiger charge is 2.25. The Balaban J connectivity index is 2.20. The Labute approximate surface area is 143 Å². The topological polar surface area (TPSA) is 76.3 Å². The molecule has 0 saturated carbocycles. The van der Waals surface area contributed by atoms with E-state index in [1.165, 1.54) is 19.2 Å². The number of hydrogen-bond acceptors (Lipinski definition) is 5.